The Balaban J connectivity index is 1.75. The largest absolute Gasteiger partial charge is 0.351 e. The molecular formula is C14H13N5O2. The topological polar surface area (TPSA) is 85.8 Å². The van der Waals surface area contributed by atoms with Gasteiger partial charge in [-0.1, -0.05) is 35.5 Å². The number of carbonyl (C=O) groups excluding carboxylic acids is 1. The molecule has 21 heavy (non-hydrogen) atoms. The van der Waals surface area contributed by atoms with E-state index in [0.717, 1.165) is 5.56 Å². The maximum Gasteiger partial charge on any atom is 0.296 e. The van der Waals surface area contributed by atoms with Crippen LogP contribution in [0.3, 0.4) is 0 Å². The number of aromatic nitrogens is 4. The Morgan fingerprint density at radius 2 is 2.14 bits per heavy atom. The second-order valence-electron chi connectivity index (χ2n) is 4.55. The number of carbonyl (C=O) groups is 1. The minimum absolute atomic E-state index is 0.141. The van der Waals surface area contributed by atoms with Gasteiger partial charge in [-0.05, 0) is 12.5 Å². The van der Waals surface area contributed by atoms with Crippen LogP contribution in [0.25, 0.3) is 0 Å². The van der Waals surface area contributed by atoms with Crippen LogP contribution < -0.4 is 5.32 Å². The van der Waals surface area contributed by atoms with E-state index in [1.807, 2.05) is 30.3 Å². The van der Waals surface area contributed by atoms with Crippen molar-refractivity contribution in [3.63, 3.8) is 0 Å². The van der Waals surface area contributed by atoms with Crippen molar-refractivity contribution in [2.24, 2.45) is 0 Å². The Kier molecular flexibility index (Phi) is 3.46. The van der Waals surface area contributed by atoms with Crippen molar-refractivity contribution in [3.8, 4) is 0 Å². The van der Waals surface area contributed by atoms with Gasteiger partial charge in [0, 0.05) is 6.07 Å². The predicted molar refractivity (Wildman–Crippen MR) is 74.8 cm³/mol. The third kappa shape index (κ3) is 2.97. The minimum atomic E-state index is -0.405. The fourth-order valence-corrected chi connectivity index (χ4v) is 1.88. The molecule has 0 spiro atoms. The molecule has 1 N–H and O–H groups in total. The molecule has 0 aliphatic rings. The summed E-state index contributed by atoms with van der Waals surface area (Å²) in [6.45, 7) is 2.32. The van der Waals surface area contributed by atoms with E-state index in [2.05, 4.69) is 20.7 Å². The van der Waals surface area contributed by atoms with E-state index in [0.29, 0.717) is 18.2 Å². The zero-order chi connectivity index (χ0) is 14.7. The van der Waals surface area contributed by atoms with Gasteiger partial charge in [-0.15, -0.1) is 10.2 Å². The summed E-state index contributed by atoms with van der Waals surface area (Å²) in [6, 6.07) is 11.4. The molecule has 7 nitrogen and oxygen atoms in total. The van der Waals surface area contributed by atoms with Gasteiger partial charge in [0.1, 0.15) is 6.33 Å². The van der Waals surface area contributed by atoms with Crippen LogP contribution in [0.1, 0.15) is 21.8 Å². The first-order valence-electron chi connectivity index (χ1n) is 6.39. The molecule has 106 valence electrons. The first-order valence-corrected chi connectivity index (χ1v) is 6.39. The molecule has 0 saturated heterocycles. The summed E-state index contributed by atoms with van der Waals surface area (Å²) in [6.07, 6.45) is 1.56. The fourth-order valence-electron chi connectivity index (χ4n) is 1.88. The standard InChI is InChI=1S/C14H13N5O2/c1-10-7-12(21-18-10)13(20)16-14-17-15-9-19(14)8-11-5-3-2-4-6-11/h2-7,9H,8H2,1H3,(H,16,17,20). The molecule has 1 amide bonds. The molecule has 0 aliphatic carbocycles. The summed E-state index contributed by atoms with van der Waals surface area (Å²) < 4.78 is 6.66. The minimum Gasteiger partial charge on any atom is -0.351 e. The van der Waals surface area contributed by atoms with Gasteiger partial charge in [0.2, 0.25) is 11.7 Å². The normalized spacial score (nSPS) is 10.5. The first kappa shape index (κ1) is 13.0. The average molecular weight is 283 g/mol. The van der Waals surface area contributed by atoms with Gasteiger partial charge in [-0.3, -0.25) is 14.7 Å². The molecular weight excluding hydrogens is 270 g/mol. The Labute approximate surface area is 120 Å². The van der Waals surface area contributed by atoms with E-state index in [9.17, 15) is 4.79 Å². The van der Waals surface area contributed by atoms with Crippen molar-refractivity contribution >= 4 is 11.9 Å². The summed E-state index contributed by atoms with van der Waals surface area (Å²) in [4.78, 5) is 12.0. The number of hydrogen-bond donors (Lipinski definition) is 1. The van der Waals surface area contributed by atoms with E-state index in [1.165, 1.54) is 0 Å². The molecule has 0 aliphatic heterocycles. The fraction of sp³-hybridized carbons (Fsp3) is 0.143. The highest BCUT2D eigenvalue weighted by Crippen LogP contribution is 2.10. The number of nitrogens with one attached hydrogen (secondary N) is 1. The van der Waals surface area contributed by atoms with Crippen molar-refractivity contribution in [2.75, 3.05) is 5.32 Å². The van der Waals surface area contributed by atoms with Crippen LogP contribution in [0.15, 0.2) is 47.2 Å². The number of aryl methyl sites for hydroxylation is 1. The summed E-state index contributed by atoms with van der Waals surface area (Å²) in [5.41, 5.74) is 1.73. The lowest BCUT2D eigenvalue weighted by Crippen LogP contribution is -2.15. The Bertz CT molecular complexity index is 748. The molecule has 0 atom stereocenters. The second kappa shape index (κ2) is 5.58. The van der Waals surface area contributed by atoms with Crippen LogP contribution in [0, 0.1) is 6.92 Å². The van der Waals surface area contributed by atoms with Gasteiger partial charge in [-0.2, -0.15) is 0 Å². The third-order valence-corrected chi connectivity index (χ3v) is 2.89. The number of rotatable bonds is 4. The molecule has 0 saturated carbocycles. The van der Waals surface area contributed by atoms with Crippen molar-refractivity contribution in [3.05, 3.63) is 59.7 Å². The van der Waals surface area contributed by atoms with Crippen LogP contribution in [-0.4, -0.2) is 25.8 Å². The lowest BCUT2D eigenvalue weighted by atomic mass is 10.2. The highest BCUT2D eigenvalue weighted by molar-refractivity contribution is 6.01. The predicted octanol–water partition coefficient (Wildman–Crippen LogP) is 1.88. The zero-order valence-electron chi connectivity index (χ0n) is 11.4. The van der Waals surface area contributed by atoms with Crippen LogP contribution >= 0.6 is 0 Å². The second-order valence-corrected chi connectivity index (χ2v) is 4.55. The molecule has 2 heterocycles. The van der Waals surface area contributed by atoms with E-state index in [4.69, 9.17) is 4.52 Å². The van der Waals surface area contributed by atoms with Gasteiger partial charge >= 0.3 is 0 Å². The number of benzene rings is 1. The maximum absolute atomic E-state index is 12.0. The molecule has 0 fully saturated rings. The van der Waals surface area contributed by atoms with E-state index < -0.39 is 5.91 Å². The van der Waals surface area contributed by atoms with E-state index in [-0.39, 0.29) is 5.76 Å². The van der Waals surface area contributed by atoms with Crippen molar-refractivity contribution in [2.45, 2.75) is 13.5 Å². The monoisotopic (exact) mass is 283 g/mol. The van der Waals surface area contributed by atoms with E-state index in [1.54, 1.807) is 23.9 Å². The quantitative estimate of drug-likeness (QED) is 0.790. The molecule has 1 aromatic carbocycles. The zero-order valence-corrected chi connectivity index (χ0v) is 11.4. The molecule has 0 unspecified atom stereocenters. The lowest BCUT2D eigenvalue weighted by molar-refractivity contribution is 0.0986. The maximum atomic E-state index is 12.0. The number of nitrogens with zero attached hydrogens (tertiary/aromatic N) is 4. The van der Waals surface area contributed by atoms with Gasteiger partial charge in [0.15, 0.2) is 0 Å². The van der Waals surface area contributed by atoms with Crippen LogP contribution in [0.2, 0.25) is 0 Å². The van der Waals surface area contributed by atoms with Crippen molar-refractivity contribution in [1.29, 1.82) is 0 Å². The smallest absolute Gasteiger partial charge is 0.296 e. The molecule has 3 aromatic rings. The summed E-state index contributed by atoms with van der Waals surface area (Å²) in [5.74, 6) is 0.0950. The Morgan fingerprint density at radius 3 is 2.86 bits per heavy atom. The van der Waals surface area contributed by atoms with Gasteiger partial charge in [0.05, 0.1) is 12.2 Å². The molecule has 2 aromatic heterocycles. The summed E-state index contributed by atoms with van der Waals surface area (Å²) in [5, 5.41) is 14.1. The third-order valence-electron chi connectivity index (χ3n) is 2.89. The van der Waals surface area contributed by atoms with Crippen LogP contribution in [0.5, 0.6) is 0 Å². The number of hydrogen-bond acceptors (Lipinski definition) is 5. The Hall–Kier alpha value is -2.96. The molecule has 0 radical (unpaired) electrons. The SMILES string of the molecule is Cc1cc(C(=O)Nc2nncn2Cc2ccccc2)on1. The van der Waals surface area contributed by atoms with E-state index >= 15 is 0 Å². The lowest BCUT2D eigenvalue weighted by Gasteiger charge is -2.06. The highest BCUT2D eigenvalue weighted by Gasteiger charge is 2.15. The van der Waals surface area contributed by atoms with Crippen molar-refractivity contribution in [1.82, 2.24) is 19.9 Å². The van der Waals surface area contributed by atoms with Gasteiger partial charge in [-0.25, -0.2) is 0 Å². The average Bonchev–Trinajstić information content (AvgIpc) is 3.10. The summed E-state index contributed by atoms with van der Waals surface area (Å²) in [7, 11) is 0. The van der Waals surface area contributed by atoms with Crippen molar-refractivity contribution < 1.29 is 9.32 Å². The number of anilines is 1. The Morgan fingerprint density at radius 1 is 1.33 bits per heavy atom. The van der Waals surface area contributed by atoms with Crippen LogP contribution in [0.4, 0.5) is 5.95 Å². The molecule has 0 bridgehead atoms. The van der Waals surface area contributed by atoms with Crippen LogP contribution in [-0.2, 0) is 6.54 Å². The molecule has 3 rings (SSSR count). The van der Waals surface area contributed by atoms with Gasteiger partial charge < -0.3 is 4.52 Å². The molecule has 7 heteroatoms. The highest BCUT2D eigenvalue weighted by atomic mass is 16.5. The van der Waals surface area contributed by atoms with Gasteiger partial charge in [0.25, 0.3) is 5.91 Å². The number of amides is 1. The first-order chi connectivity index (χ1) is 10.2. The summed E-state index contributed by atoms with van der Waals surface area (Å²) >= 11 is 0.